The lowest BCUT2D eigenvalue weighted by Crippen LogP contribution is -2.14. The summed E-state index contributed by atoms with van der Waals surface area (Å²) in [5.74, 6) is -0.152. The molecule has 0 fully saturated rings. The molecule has 0 radical (unpaired) electrons. The lowest BCUT2D eigenvalue weighted by molar-refractivity contribution is -0.115. The van der Waals surface area contributed by atoms with Crippen molar-refractivity contribution in [2.24, 2.45) is 0 Å². The van der Waals surface area contributed by atoms with E-state index >= 15 is 0 Å². The molecule has 112 valence electrons. The Labute approximate surface area is 145 Å². The zero-order valence-corrected chi connectivity index (χ0v) is 14.3. The van der Waals surface area contributed by atoms with Crippen LogP contribution in [0.25, 0.3) is 9.88 Å². The lowest BCUT2D eigenvalue weighted by atomic mass is 10.3. The van der Waals surface area contributed by atoms with Gasteiger partial charge in [0, 0.05) is 21.1 Å². The van der Waals surface area contributed by atoms with Crippen LogP contribution < -0.4 is 5.32 Å². The van der Waals surface area contributed by atoms with Crippen LogP contribution in [0.4, 0.5) is 5.69 Å². The van der Waals surface area contributed by atoms with E-state index in [1.165, 1.54) is 11.3 Å². The summed E-state index contributed by atoms with van der Waals surface area (Å²) in [4.78, 5) is 17.7. The molecule has 0 atom stereocenters. The summed E-state index contributed by atoms with van der Waals surface area (Å²) in [6.45, 7) is 0. The maximum Gasteiger partial charge on any atom is 0.230 e. The van der Waals surface area contributed by atoms with Gasteiger partial charge < -0.3 is 5.32 Å². The molecule has 7 heteroatoms. The Bertz CT molecular complexity index is 779. The fraction of sp³-hybridized carbons (Fsp3) is 0.0667. The van der Waals surface area contributed by atoms with Crippen molar-refractivity contribution in [3.63, 3.8) is 0 Å². The van der Waals surface area contributed by atoms with Gasteiger partial charge in [0.05, 0.1) is 17.0 Å². The first-order chi connectivity index (χ1) is 10.6. The van der Waals surface area contributed by atoms with Gasteiger partial charge in [0.15, 0.2) is 0 Å². The summed E-state index contributed by atoms with van der Waals surface area (Å²) in [5.41, 5.74) is 1.33. The number of nitrogens with zero attached hydrogens (tertiary/aromatic N) is 1. The number of thiazole rings is 1. The van der Waals surface area contributed by atoms with Gasteiger partial charge in [0.1, 0.15) is 5.01 Å². The van der Waals surface area contributed by atoms with Crippen LogP contribution in [0.1, 0.15) is 5.69 Å². The maximum atomic E-state index is 12.1. The van der Waals surface area contributed by atoms with Crippen molar-refractivity contribution in [2.75, 3.05) is 5.32 Å². The number of aromatic nitrogens is 1. The summed E-state index contributed by atoms with van der Waals surface area (Å²) in [6, 6.07) is 8.93. The average Bonchev–Trinajstić information content (AvgIpc) is 3.07. The van der Waals surface area contributed by atoms with Gasteiger partial charge in [0.2, 0.25) is 5.91 Å². The third-order valence-corrected chi connectivity index (χ3v) is 5.14. The zero-order valence-electron chi connectivity index (χ0n) is 11.2. The molecule has 0 aliphatic heterocycles. The lowest BCUT2D eigenvalue weighted by Gasteiger charge is -2.05. The molecule has 3 rings (SSSR count). The van der Waals surface area contributed by atoms with Gasteiger partial charge in [-0.3, -0.25) is 4.79 Å². The molecule has 0 saturated carbocycles. The highest BCUT2D eigenvalue weighted by Gasteiger charge is 2.10. The van der Waals surface area contributed by atoms with Crippen molar-refractivity contribution in [1.29, 1.82) is 0 Å². The molecule has 0 saturated heterocycles. The zero-order chi connectivity index (χ0) is 15.5. The largest absolute Gasteiger partial charge is 0.326 e. The molecule has 1 aromatic carbocycles. The predicted octanol–water partition coefficient (Wildman–Crippen LogP) is 5.36. The second-order valence-corrected chi connectivity index (χ2v) is 7.18. The third-order valence-electron chi connectivity index (χ3n) is 2.77. The number of anilines is 1. The predicted molar refractivity (Wildman–Crippen MR) is 94.2 cm³/mol. The van der Waals surface area contributed by atoms with Crippen LogP contribution in [0.2, 0.25) is 10.0 Å². The van der Waals surface area contributed by atoms with Crippen molar-refractivity contribution in [1.82, 2.24) is 4.98 Å². The fourth-order valence-electron chi connectivity index (χ4n) is 1.90. The first-order valence-electron chi connectivity index (χ1n) is 6.34. The van der Waals surface area contributed by atoms with E-state index in [2.05, 4.69) is 10.3 Å². The third kappa shape index (κ3) is 3.87. The highest BCUT2D eigenvalue weighted by atomic mass is 35.5. The van der Waals surface area contributed by atoms with Crippen molar-refractivity contribution < 1.29 is 4.79 Å². The van der Waals surface area contributed by atoms with Crippen molar-refractivity contribution in [3.8, 4) is 9.88 Å². The molecule has 1 amide bonds. The van der Waals surface area contributed by atoms with Crippen molar-refractivity contribution >= 4 is 57.5 Å². The van der Waals surface area contributed by atoms with Gasteiger partial charge in [-0.25, -0.2) is 4.98 Å². The van der Waals surface area contributed by atoms with Crippen molar-refractivity contribution in [2.45, 2.75) is 6.42 Å². The Hall–Kier alpha value is -1.40. The summed E-state index contributed by atoms with van der Waals surface area (Å²) in [5, 5.41) is 8.58. The van der Waals surface area contributed by atoms with Crippen LogP contribution in [0.15, 0.2) is 41.1 Å². The Morgan fingerprint density at radius 3 is 2.64 bits per heavy atom. The van der Waals surface area contributed by atoms with E-state index in [0.717, 1.165) is 15.6 Å². The number of hydrogen-bond acceptors (Lipinski definition) is 4. The van der Waals surface area contributed by atoms with Crippen LogP contribution in [-0.2, 0) is 11.2 Å². The van der Waals surface area contributed by atoms with Crippen LogP contribution in [0.3, 0.4) is 0 Å². The molecule has 0 spiro atoms. The first-order valence-corrected chi connectivity index (χ1v) is 8.86. The van der Waals surface area contributed by atoms with Crippen LogP contribution >= 0.6 is 45.9 Å². The molecule has 22 heavy (non-hydrogen) atoms. The average molecular weight is 369 g/mol. The van der Waals surface area contributed by atoms with E-state index in [4.69, 9.17) is 23.2 Å². The Balaban J connectivity index is 1.67. The molecule has 3 nitrogen and oxygen atoms in total. The first kappa shape index (κ1) is 15.5. The van der Waals surface area contributed by atoms with Crippen LogP contribution in [0.5, 0.6) is 0 Å². The smallest absolute Gasteiger partial charge is 0.230 e. The number of nitrogens with one attached hydrogen (secondary N) is 1. The molecule has 0 unspecified atom stereocenters. The minimum absolute atomic E-state index is 0.152. The van der Waals surface area contributed by atoms with E-state index in [9.17, 15) is 4.79 Å². The minimum atomic E-state index is -0.152. The molecule has 1 N–H and O–H groups in total. The molecular weight excluding hydrogens is 359 g/mol. The number of carbonyl (C=O) groups excluding carboxylic acids is 1. The minimum Gasteiger partial charge on any atom is -0.326 e. The molecular formula is C15H10Cl2N2OS2. The quantitative estimate of drug-likeness (QED) is 0.673. The summed E-state index contributed by atoms with van der Waals surface area (Å²) in [7, 11) is 0. The van der Waals surface area contributed by atoms with E-state index in [-0.39, 0.29) is 12.3 Å². The van der Waals surface area contributed by atoms with E-state index in [0.29, 0.717) is 15.7 Å². The van der Waals surface area contributed by atoms with Crippen molar-refractivity contribution in [3.05, 3.63) is 56.8 Å². The number of amides is 1. The van der Waals surface area contributed by atoms with Crippen LogP contribution in [-0.4, -0.2) is 10.9 Å². The number of rotatable bonds is 4. The van der Waals surface area contributed by atoms with Gasteiger partial charge >= 0.3 is 0 Å². The Morgan fingerprint density at radius 1 is 1.18 bits per heavy atom. The monoisotopic (exact) mass is 368 g/mol. The highest BCUT2D eigenvalue weighted by Crippen LogP contribution is 2.28. The van der Waals surface area contributed by atoms with Crippen LogP contribution in [0, 0.1) is 0 Å². The molecule has 0 aliphatic carbocycles. The van der Waals surface area contributed by atoms with Gasteiger partial charge in [-0.15, -0.1) is 22.7 Å². The SMILES string of the molecule is O=C(Cc1csc(-c2cccs2)n1)Nc1cc(Cl)cc(Cl)c1. The van der Waals surface area contributed by atoms with Gasteiger partial charge in [0.25, 0.3) is 0 Å². The molecule has 3 aromatic rings. The molecule has 0 bridgehead atoms. The number of benzene rings is 1. The molecule has 2 aromatic heterocycles. The normalized spacial score (nSPS) is 10.6. The second kappa shape index (κ2) is 6.79. The molecule has 2 heterocycles. The number of hydrogen-bond donors (Lipinski definition) is 1. The number of thiophene rings is 1. The highest BCUT2D eigenvalue weighted by molar-refractivity contribution is 7.20. The van der Waals surface area contributed by atoms with E-state index in [1.54, 1.807) is 29.5 Å². The van der Waals surface area contributed by atoms with Gasteiger partial charge in [-0.2, -0.15) is 0 Å². The number of carbonyl (C=O) groups is 1. The second-order valence-electron chi connectivity index (χ2n) is 4.50. The Kier molecular flexibility index (Phi) is 4.78. The molecule has 0 aliphatic rings. The van der Waals surface area contributed by atoms with E-state index in [1.807, 2.05) is 22.9 Å². The van der Waals surface area contributed by atoms with E-state index < -0.39 is 0 Å². The number of halogens is 2. The summed E-state index contributed by atoms with van der Waals surface area (Å²) < 4.78 is 0. The van der Waals surface area contributed by atoms with Gasteiger partial charge in [-0.1, -0.05) is 29.3 Å². The maximum absolute atomic E-state index is 12.1. The summed E-state index contributed by atoms with van der Waals surface area (Å²) in [6.07, 6.45) is 0.214. The van der Waals surface area contributed by atoms with Gasteiger partial charge in [-0.05, 0) is 29.6 Å². The fourth-order valence-corrected chi connectivity index (χ4v) is 4.06. The standard InChI is InChI=1S/C15H10Cl2N2OS2/c16-9-4-10(17)6-11(5-9)18-14(20)7-12-8-22-15(19-12)13-2-1-3-21-13/h1-6,8H,7H2,(H,18,20). The Morgan fingerprint density at radius 2 is 1.95 bits per heavy atom. The topological polar surface area (TPSA) is 42.0 Å². The summed E-state index contributed by atoms with van der Waals surface area (Å²) >= 11 is 15.0.